The summed E-state index contributed by atoms with van der Waals surface area (Å²) >= 11 is 0. The van der Waals surface area contributed by atoms with Crippen LogP contribution in [0.5, 0.6) is 0 Å². The number of hydrogen-bond donors (Lipinski definition) is 2. The number of non-ortho nitro benzene ring substituents is 1. The van der Waals surface area contributed by atoms with Crippen molar-refractivity contribution in [2.45, 2.75) is 0 Å². The number of nitro benzene ring substituents is 1. The summed E-state index contributed by atoms with van der Waals surface area (Å²) < 4.78 is 45.2. The van der Waals surface area contributed by atoms with Crippen LogP contribution in [0.15, 0.2) is 30.3 Å². The summed E-state index contributed by atoms with van der Waals surface area (Å²) in [6.07, 6.45) is 0. The molecule has 2 aromatic carbocycles. The molecule has 12 heteroatoms. The summed E-state index contributed by atoms with van der Waals surface area (Å²) in [5.74, 6) is -6.41. The number of anilines is 2. The molecule has 2 aromatic rings. The number of nitro groups is 1. The molecule has 1 aliphatic heterocycles. The van der Waals surface area contributed by atoms with Crippen LogP contribution in [0, 0.1) is 27.6 Å². The monoisotopic (exact) mass is 438 g/mol. The zero-order valence-corrected chi connectivity index (χ0v) is 16.0. The van der Waals surface area contributed by atoms with Gasteiger partial charge in [0.25, 0.3) is 11.6 Å². The van der Waals surface area contributed by atoms with Gasteiger partial charge >= 0.3 is 0 Å². The third-order valence-corrected chi connectivity index (χ3v) is 4.51. The van der Waals surface area contributed by atoms with E-state index in [1.165, 1.54) is 12.1 Å². The first-order valence-corrected chi connectivity index (χ1v) is 9.10. The molecule has 1 heterocycles. The number of rotatable bonds is 6. The Balaban J connectivity index is 1.73. The van der Waals surface area contributed by atoms with E-state index in [2.05, 4.69) is 5.32 Å². The number of hydrogen-bond acceptors (Lipinski definition) is 6. The van der Waals surface area contributed by atoms with Crippen molar-refractivity contribution in [3.63, 3.8) is 0 Å². The summed E-state index contributed by atoms with van der Waals surface area (Å²) in [6, 6.07) is 5.27. The zero-order chi connectivity index (χ0) is 22.5. The number of carbonyl (C=O) groups is 2. The maximum atomic E-state index is 13.7. The summed E-state index contributed by atoms with van der Waals surface area (Å²) in [6.45, 7) is 1.13. The Hall–Kier alpha value is -3.67. The second-order valence-electron chi connectivity index (χ2n) is 6.51. The van der Waals surface area contributed by atoms with E-state index in [4.69, 9.17) is 4.74 Å². The molecule has 9 nitrogen and oxygen atoms in total. The minimum Gasteiger partial charge on any atom is -0.378 e. The number of morpholine rings is 1. The molecule has 164 valence electrons. The fourth-order valence-corrected chi connectivity index (χ4v) is 2.97. The number of carbonyl (C=O) groups excluding carboxylic acids is 2. The van der Waals surface area contributed by atoms with Gasteiger partial charge in [0.15, 0.2) is 17.5 Å². The summed E-state index contributed by atoms with van der Waals surface area (Å²) in [5.41, 5.74) is -0.501. The van der Waals surface area contributed by atoms with Crippen LogP contribution in [-0.2, 0) is 9.53 Å². The first kappa shape index (κ1) is 22.0. The lowest BCUT2D eigenvalue weighted by Crippen LogP contribution is -2.39. The van der Waals surface area contributed by atoms with Crippen LogP contribution >= 0.6 is 0 Å². The average molecular weight is 438 g/mol. The van der Waals surface area contributed by atoms with E-state index in [0.717, 1.165) is 12.1 Å². The molecule has 0 aromatic heterocycles. The predicted molar refractivity (Wildman–Crippen MR) is 103 cm³/mol. The topological polar surface area (TPSA) is 114 Å². The molecule has 1 aliphatic rings. The van der Waals surface area contributed by atoms with Crippen LogP contribution in [0.4, 0.5) is 30.2 Å². The van der Waals surface area contributed by atoms with E-state index in [1.807, 2.05) is 10.2 Å². The number of halogens is 3. The molecule has 0 atom stereocenters. The molecule has 2 amide bonds. The normalized spacial score (nSPS) is 13.6. The second-order valence-corrected chi connectivity index (χ2v) is 6.51. The summed E-state index contributed by atoms with van der Waals surface area (Å²) in [5, 5.41) is 15.4. The van der Waals surface area contributed by atoms with Crippen molar-refractivity contribution in [2.24, 2.45) is 0 Å². The highest BCUT2D eigenvalue weighted by Gasteiger charge is 2.23. The molecule has 31 heavy (non-hydrogen) atoms. The lowest BCUT2D eigenvalue weighted by atomic mass is 10.1. The zero-order valence-electron chi connectivity index (χ0n) is 16.0. The highest BCUT2D eigenvalue weighted by molar-refractivity contribution is 6.03. The average Bonchev–Trinajstić information content (AvgIpc) is 2.78. The van der Waals surface area contributed by atoms with Gasteiger partial charge in [0.1, 0.15) is 0 Å². The van der Waals surface area contributed by atoms with Crippen molar-refractivity contribution in [2.75, 3.05) is 43.1 Å². The van der Waals surface area contributed by atoms with Gasteiger partial charge in [-0.25, -0.2) is 13.2 Å². The van der Waals surface area contributed by atoms with E-state index in [-0.39, 0.29) is 11.3 Å². The SMILES string of the molecule is O=C(CNC(=O)c1cc([N+](=O)[O-])ccc1N1CCOCC1)Nc1ccc(F)c(F)c1F. The van der Waals surface area contributed by atoms with Crippen molar-refractivity contribution in [1.82, 2.24) is 5.32 Å². The van der Waals surface area contributed by atoms with Crippen LogP contribution in [0.1, 0.15) is 10.4 Å². The molecule has 0 aliphatic carbocycles. The Bertz CT molecular complexity index is 1030. The largest absolute Gasteiger partial charge is 0.378 e. The molecule has 0 spiro atoms. The van der Waals surface area contributed by atoms with Crippen LogP contribution in [0.25, 0.3) is 0 Å². The van der Waals surface area contributed by atoms with Gasteiger partial charge in [-0.3, -0.25) is 19.7 Å². The first-order chi connectivity index (χ1) is 14.8. The van der Waals surface area contributed by atoms with Gasteiger partial charge in [-0.1, -0.05) is 0 Å². The fourth-order valence-electron chi connectivity index (χ4n) is 2.97. The van der Waals surface area contributed by atoms with Gasteiger partial charge in [-0.05, 0) is 18.2 Å². The number of nitrogens with one attached hydrogen (secondary N) is 2. The standard InChI is InChI=1S/C19H17F3N4O5/c20-13-2-3-14(18(22)17(13)21)24-16(27)10-23-19(28)12-9-11(26(29)30)1-4-15(12)25-5-7-31-8-6-25/h1-4,9H,5-8,10H2,(H,23,28)(H,24,27). The van der Waals surface area contributed by atoms with Crippen molar-refractivity contribution in [3.05, 3.63) is 63.5 Å². The smallest absolute Gasteiger partial charge is 0.270 e. The van der Waals surface area contributed by atoms with Gasteiger partial charge in [0, 0.05) is 25.2 Å². The Morgan fingerprint density at radius 3 is 2.48 bits per heavy atom. The minimum absolute atomic E-state index is 0.0251. The van der Waals surface area contributed by atoms with Crippen LogP contribution in [0.2, 0.25) is 0 Å². The van der Waals surface area contributed by atoms with E-state index < -0.39 is 46.4 Å². The van der Waals surface area contributed by atoms with Gasteiger partial charge < -0.3 is 20.3 Å². The van der Waals surface area contributed by atoms with Crippen molar-refractivity contribution >= 4 is 28.9 Å². The quantitative estimate of drug-likeness (QED) is 0.406. The number of amides is 2. The molecular formula is C19H17F3N4O5. The molecule has 1 saturated heterocycles. The lowest BCUT2D eigenvalue weighted by Gasteiger charge is -2.30. The van der Waals surface area contributed by atoms with Gasteiger partial charge in [0.2, 0.25) is 5.91 Å². The molecule has 1 fully saturated rings. The summed E-state index contributed by atoms with van der Waals surface area (Å²) in [4.78, 5) is 36.9. The fraction of sp³-hybridized carbons (Fsp3) is 0.263. The molecule has 0 radical (unpaired) electrons. The third-order valence-electron chi connectivity index (χ3n) is 4.51. The number of nitrogens with zero attached hydrogens (tertiary/aromatic N) is 2. The highest BCUT2D eigenvalue weighted by atomic mass is 19.2. The predicted octanol–water partition coefficient (Wildman–Crippen LogP) is 2.22. The van der Waals surface area contributed by atoms with Crippen LogP contribution < -0.4 is 15.5 Å². The van der Waals surface area contributed by atoms with Gasteiger partial charge in [-0.15, -0.1) is 0 Å². The van der Waals surface area contributed by atoms with Crippen LogP contribution in [0.3, 0.4) is 0 Å². The van der Waals surface area contributed by atoms with Crippen molar-refractivity contribution in [1.29, 1.82) is 0 Å². The molecular weight excluding hydrogens is 421 g/mol. The number of benzene rings is 2. The molecule has 2 N–H and O–H groups in total. The second kappa shape index (κ2) is 9.43. The lowest BCUT2D eigenvalue weighted by molar-refractivity contribution is -0.384. The van der Waals surface area contributed by atoms with E-state index in [0.29, 0.717) is 38.1 Å². The number of ether oxygens (including phenoxy) is 1. The van der Waals surface area contributed by atoms with E-state index >= 15 is 0 Å². The Labute approximate surface area is 173 Å². The van der Waals surface area contributed by atoms with Crippen LogP contribution in [-0.4, -0.2) is 49.6 Å². The first-order valence-electron chi connectivity index (χ1n) is 9.10. The molecule has 0 unspecified atom stereocenters. The Morgan fingerprint density at radius 1 is 1.10 bits per heavy atom. The maximum absolute atomic E-state index is 13.7. The Kier molecular flexibility index (Phi) is 6.70. The molecule has 0 bridgehead atoms. The van der Waals surface area contributed by atoms with Crippen molar-refractivity contribution < 1.29 is 32.4 Å². The third kappa shape index (κ3) is 5.09. The van der Waals surface area contributed by atoms with Crippen molar-refractivity contribution in [3.8, 4) is 0 Å². The Morgan fingerprint density at radius 2 is 1.81 bits per heavy atom. The van der Waals surface area contributed by atoms with Gasteiger partial charge in [-0.2, -0.15) is 0 Å². The van der Waals surface area contributed by atoms with E-state index in [9.17, 15) is 32.9 Å². The highest BCUT2D eigenvalue weighted by Crippen LogP contribution is 2.26. The summed E-state index contributed by atoms with van der Waals surface area (Å²) in [7, 11) is 0. The molecule has 3 rings (SSSR count). The van der Waals surface area contributed by atoms with Gasteiger partial charge in [0.05, 0.1) is 41.6 Å². The maximum Gasteiger partial charge on any atom is 0.270 e. The van der Waals surface area contributed by atoms with E-state index in [1.54, 1.807) is 0 Å². The molecule has 0 saturated carbocycles. The minimum atomic E-state index is -1.74.